The minimum Gasteiger partial charge on any atom is -0.397 e. The Morgan fingerprint density at radius 3 is 2.35 bits per heavy atom. The SMILES string of the molecule is Nc1ccccc1NC[C@H](O)[C@H](O)[C@H](O)CO. The van der Waals surface area contributed by atoms with Gasteiger partial charge in [0.25, 0.3) is 0 Å². The summed E-state index contributed by atoms with van der Waals surface area (Å²) in [5.41, 5.74) is 6.83. The second-order valence-electron chi connectivity index (χ2n) is 3.78. The van der Waals surface area contributed by atoms with E-state index in [1.165, 1.54) is 0 Å². The summed E-state index contributed by atoms with van der Waals surface area (Å²) in [6, 6.07) is 7.00. The molecule has 3 atom stereocenters. The number of nitrogens with one attached hydrogen (secondary N) is 1. The summed E-state index contributed by atoms with van der Waals surface area (Å²) in [6.07, 6.45) is -3.96. The van der Waals surface area contributed by atoms with E-state index in [4.69, 9.17) is 15.9 Å². The van der Waals surface area contributed by atoms with Gasteiger partial charge in [0.15, 0.2) is 0 Å². The minimum atomic E-state index is -1.41. The molecule has 1 aromatic rings. The molecule has 6 nitrogen and oxygen atoms in total. The van der Waals surface area contributed by atoms with Gasteiger partial charge in [-0.15, -0.1) is 0 Å². The average molecular weight is 242 g/mol. The predicted octanol–water partition coefficient (Wildman–Crippen LogP) is -1.24. The van der Waals surface area contributed by atoms with Crippen LogP contribution in [-0.4, -0.2) is 51.9 Å². The van der Waals surface area contributed by atoms with Crippen molar-refractivity contribution in [3.05, 3.63) is 24.3 Å². The number of aliphatic hydroxyl groups is 4. The van der Waals surface area contributed by atoms with E-state index in [1.807, 2.05) is 0 Å². The van der Waals surface area contributed by atoms with Gasteiger partial charge in [0.05, 0.1) is 24.1 Å². The molecule has 0 radical (unpaired) electrons. The van der Waals surface area contributed by atoms with Gasteiger partial charge in [-0.2, -0.15) is 0 Å². The van der Waals surface area contributed by atoms with Crippen molar-refractivity contribution < 1.29 is 20.4 Å². The Kier molecular flexibility index (Phi) is 5.17. The number of rotatable bonds is 6. The Morgan fingerprint density at radius 1 is 1.12 bits per heavy atom. The van der Waals surface area contributed by atoms with Crippen molar-refractivity contribution in [1.82, 2.24) is 0 Å². The first kappa shape index (κ1) is 13.7. The van der Waals surface area contributed by atoms with Crippen LogP contribution in [0.4, 0.5) is 11.4 Å². The zero-order valence-corrected chi connectivity index (χ0v) is 9.32. The molecule has 0 saturated carbocycles. The van der Waals surface area contributed by atoms with Gasteiger partial charge < -0.3 is 31.5 Å². The van der Waals surface area contributed by atoms with Crippen LogP contribution in [0.15, 0.2) is 24.3 Å². The molecule has 0 aliphatic rings. The van der Waals surface area contributed by atoms with Gasteiger partial charge in [0, 0.05) is 6.54 Å². The molecule has 6 heteroatoms. The molecule has 0 aromatic heterocycles. The summed E-state index contributed by atoms with van der Waals surface area (Å²) in [7, 11) is 0. The molecule has 0 heterocycles. The van der Waals surface area contributed by atoms with E-state index in [9.17, 15) is 10.2 Å². The van der Waals surface area contributed by atoms with Crippen LogP contribution >= 0.6 is 0 Å². The quantitative estimate of drug-likeness (QED) is 0.347. The van der Waals surface area contributed by atoms with E-state index in [0.717, 1.165) is 0 Å². The highest BCUT2D eigenvalue weighted by Gasteiger charge is 2.23. The van der Waals surface area contributed by atoms with Crippen molar-refractivity contribution in [3.8, 4) is 0 Å². The Morgan fingerprint density at radius 2 is 1.76 bits per heavy atom. The molecular formula is C11H18N2O4. The van der Waals surface area contributed by atoms with E-state index in [2.05, 4.69) is 5.32 Å². The fraction of sp³-hybridized carbons (Fsp3) is 0.455. The van der Waals surface area contributed by atoms with Crippen LogP contribution in [0.25, 0.3) is 0 Å². The maximum absolute atomic E-state index is 9.55. The molecule has 17 heavy (non-hydrogen) atoms. The molecule has 96 valence electrons. The Labute approximate surface area is 99.3 Å². The van der Waals surface area contributed by atoms with Gasteiger partial charge in [-0.1, -0.05) is 12.1 Å². The molecular weight excluding hydrogens is 224 g/mol. The minimum absolute atomic E-state index is 0.0203. The molecule has 1 aromatic carbocycles. The predicted molar refractivity (Wildman–Crippen MR) is 64.5 cm³/mol. The summed E-state index contributed by atoms with van der Waals surface area (Å²) in [4.78, 5) is 0. The molecule has 0 aliphatic heterocycles. The first-order chi connectivity index (χ1) is 8.06. The molecule has 0 unspecified atom stereocenters. The molecule has 1 rings (SSSR count). The molecule has 0 bridgehead atoms. The van der Waals surface area contributed by atoms with Gasteiger partial charge in [-0.05, 0) is 12.1 Å². The fourth-order valence-corrected chi connectivity index (χ4v) is 1.36. The van der Waals surface area contributed by atoms with E-state index >= 15 is 0 Å². The Bertz CT molecular complexity index is 348. The van der Waals surface area contributed by atoms with Crippen molar-refractivity contribution in [2.24, 2.45) is 0 Å². The van der Waals surface area contributed by atoms with Crippen LogP contribution < -0.4 is 11.1 Å². The van der Waals surface area contributed by atoms with E-state index < -0.39 is 24.9 Å². The van der Waals surface area contributed by atoms with Crippen LogP contribution in [0.1, 0.15) is 0 Å². The summed E-state index contributed by atoms with van der Waals surface area (Å²) in [5, 5.41) is 39.6. The molecule has 0 spiro atoms. The number of hydrogen-bond acceptors (Lipinski definition) is 6. The smallest absolute Gasteiger partial charge is 0.110 e. The van der Waals surface area contributed by atoms with Gasteiger partial charge in [0.2, 0.25) is 0 Å². The van der Waals surface area contributed by atoms with Gasteiger partial charge in [-0.25, -0.2) is 0 Å². The third-order valence-electron chi connectivity index (χ3n) is 2.44. The van der Waals surface area contributed by atoms with Crippen molar-refractivity contribution in [2.75, 3.05) is 24.2 Å². The van der Waals surface area contributed by atoms with Crippen LogP contribution in [0.3, 0.4) is 0 Å². The second kappa shape index (κ2) is 6.41. The molecule has 0 aliphatic carbocycles. The highest BCUT2D eigenvalue weighted by molar-refractivity contribution is 5.65. The first-order valence-electron chi connectivity index (χ1n) is 5.29. The van der Waals surface area contributed by atoms with Crippen LogP contribution in [0.2, 0.25) is 0 Å². The largest absolute Gasteiger partial charge is 0.397 e. The maximum Gasteiger partial charge on any atom is 0.110 e. The van der Waals surface area contributed by atoms with Crippen molar-refractivity contribution in [1.29, 1.82) is 0 Å². The highest BCUT2D eigenvalue weighted by Crippen LogP contribution is 2.16. The van der Waals surface area contributed by atoms with Gasteiger partial charge in [-0.3, -0.25) is 0 Å². The molecule has 0 saturated heterocycles. The summed E-state index contributed by atoms with van der Waals surface area (Å²) in [5.74, 6) is 0. The standard InChI is InChI=1S/C11H18N2O4/c12-7-3-1-2-4-8(7)13-5-9(15)11(17)10(16)6-14/h1-4,9-11,13-17H,5-6,12H2/t9-,10+,11-/m0/s1. The van der Waals surface area contributed by atoms with Crippen LogP contribution in [-0.2, 0) is 0 Å². The number of aliphatic hydroxyl groups excluding tert-OH is 4. The van der Waals surface area contributed by atoms with E-state index in [-0.39, 0.29) is 6.54 Å². The third kappa shape index (κ3) is 3.86. The maximum atomic E-state index is 9.55. The van der Waals surface area contributed by atoms with Crippen molar-refractivity contribution >= 4 is 11.4 Å². The number of para-hydroxylation sites is 2. The zero-order chi connectivity index (χ0) is 12.8. The Balaban J connectivity index is 2.48. The zero-order valence-electron chi connectivity index (χ0n) is 9.32. The van der Waals surface area contributed by atoms with Crippen LogP contribution in [0, 0.1) is 0 Å². The van der Waals surface area contributed by atoms with E-state index in [0.29, 0.717) is 11.4 Å². The number of hydrogen-bond donors (Lipinski definition) is 6. The summed E-state index contributed by atoms with van der Waals surface area (Å²) in [6.45, 7) is -0.585. The van der Waals surface area contributed by atoms with Gasteiger partial charge in [0.1, 0.15) is 12.2 Å². The highest BCUT2D eigenvalue weighted by atomic mass is 16.4. The van der Waals surface area contributed by atoms with E-state index in [1.54, 1.807) is 24.3 Å². The van der Waals surface area contributed by atoms with Crippen molar-refractivity contribution in [2.45, 2.75) is 18.3 Å². The lowest BCUT2D eigenvalue weighted by Gasteiger charge is -2.22. The first-order valence-corrected chi connectivity index (χ1v) is 5.29. The Hall–Kier alpha value is -1.34. The lowest BCUT2D eigenvalue weighted by Crippen LogP contribution is -2.42. The fourth-order valence-electron chi connectivity index (χ4n) is 1.36. The second-order valence-corrected chi connectivity index (χ2v) is 3.78. The molecule has 7 N–H and O–H groups in total. The number of benzene rings is 1. The topological polar surface area (TPSA) is 119 Å². The monoisotopic (exact) mass is 242 g/mol. The van der Waals surface area contributed by atoms with Crippen molar-refractivity contribution in [3.63, 3.8) is 0 Å². The van der Waals surface area contributed by atoms with Gasteiger partial charge >= 0.3 is 0 Å². The number of nitrogens with two attached hydrogens (primary N) is 1. The molecule has 0 fully saturated rings. The van der Waals surface area contributed by atoms with Crippen LogP contribution in [0.5, 0.6) is 0 Å². The lowest BCUT2D eigenvalue weighted by atomic mass is 10.1. The summed E-state index contributed by atoms with van der Waals surface area (Å²) >= 11 is 0. The molecule has 0 amide bonds. The number of nitrogen functional groups attached to an aromatic ring is 1. The third-order valence-corrected chi connectivity index (χ3v) is 2.44. The summed E-state index contributed by atoms with van der Waals surface area (Å²) < 4.78 is 0. The number of anilines is 2. The normalized spacial score (nSPS) is 16.2. The lowest BCUT2D eigenvalue weighted by molar-refractivity contribution is -0.0715. The average Bonchev–Trinajstić information content (AvgIpc) is 2.35.